The van der Waals surface area contributed by atoms with Crippen molar-refractivity contribution in [3.63, 3.8) is 0 Å². The van der Waals surface area contributed by atoms with Crippen LogP contribution in [0.1, 0.15) is 16.8 Å². The number of nitrogens with zero attached hydrogens (tertiary/aromatic N) is 1. The summed E-state index contributed by atoms with van der Waals surface area (Å²) >= 11 is 5.97. The molecule has 1 aliphatic heterocycles. The van der Waals surface area contributed by atoms with Gasteiger partial charge in [-0.15, -0.1) is 0 Å². The lowest BCUT2D eigenvalue weighted by molar-refractivity contribution is -0.114. The van der Waals surface area contributed by atoms with Gasteiger partial charge in [-0.1, -0.05) is 17.7 Å². The maximum atomic E-state index is 11.9. The predicted octanol–water partition coefficient (Wildman–Crippen LogP) is 1.92. The van der Waals surface area contributed by atoms with E-state index < -0.39 is 11.7 Å². The van der Waals surface area contributed by atoms with Crippen molar-refractivity contribution in [3.8, 4) is 0 Å². The Kier molecular flexibility index (Phi) is 5.11. The third kappa shape index (κ3) is 3.00. The average molecular weight is 298 g/mol. The molecule has 0 bridgehead atoms. The normalized spacial score (nSPS) is 14.0. The minimum atomic E-state index is -0.551. The Morgan fingerprint density at radius 1 is 1.20 bits per heavy atom. The van der Waals surface area contributed by atoms with Crippen molar-refractivity contribution in [2.24, 2.45) is 0 Å². The standard InChI is InChI=1S/C14H16ClNO4/c1-19-7-3-8-20-9-6-16-11-5-2-4-10(15)12(11)13(17)14(16)18/h2,4-5H,3,6-9H2,1H3. The molecule has 0 radical (unpaired) electrons. The van der Waals surface area contributed by atoms with E-state index in [-0.39, 0.29) is 0 Å². The van der Waals surface area contributed by atoms with Gasteiger partial charge in [-0.05, 0) is 18.6 Å². The van der Waals surface area contributed by atoms with Gasteiger partial charge < -0.3 is 14.4 Å². The Morgan fingerprint density at radius 3 is 2.75 bits per heavy atom. The van der Waals surface area contributed by atoms with E-state index in [2.05, 4.69) is 0 Å². The van der Waals surface area contributed by atoms with Gasteiger partial charge in [0.2, 0.25) is 0 Å². The van der Waals surface area contributed by atoms with E-state index in [1.165, 1.54) is 4.90 Å². The molecule has 1 aliphatic rings. The van der Waals surface area contributed by atoms with Crippen LogP contribution in [0.3, 0.4) is 0 Å². The molecule has 0 saturated heterocycles. The van der Waals surface area contributed by atoms with E-state index in [1.807, 2.05) is 0 Å². The van der Waals surface area contributed by atoms with Crippen LogP contribution in [0.2, 0.25) is 5.02 Å². The summed E-state index contributed by atoms with van der Waals surface area (Å²) in [4.78, 5) is 25.2. The average Bonchev–Trinajstić information content (AvgIpc) is 2.68. The van der Waals surface area contributed by atoms with Gasteiger partial charge >= 0.3 is 0 Å². The molecule has 1 aromatic rings. The fourth-order valence-corrected chi connectivity index (χ4v) is 2.34. The number of rotatable bonds is 7. The van der Waals surface area contributed by atoms with Crippen molar-refractivity contribution in [2.75, 3.05) is 38.4 Å². The molecule has 1 amide bonds. The Labute approximate surface area is 122 Å². The minimum absolute atomic E-state index is 0.290. The Morgan fingerprint density at radius 2 is 2.00 bits per heavy atom. The Hall–Kier alpha value is -1.43. The van der Waals surface area contributed by atoms with Gasteiger partial charge in [0.05, 0.1) is 22.9 Å². The smallest absolute Gasteiger partial charge is 0.299 e. The van der Waals surface area contributed by atoms with E-state index in [1.54, 1.807) is 25.3 Å². The van der Waals surface area contributed by atoms with Crippen LogP contribution in [0, 0.1) is 0 Å². The number of anilines is 1. The lowest BCUT2D eigenvalue weighted by Crippen LogP contribution is -2.32. The zero-order chi connectivity index (χ0) is 14.5. The van der Waals surface area contributed by atoms with Crippen molar-refractivity contribution >= 4 is 29.0 Å². The third-order valence-electron chi connectivity index (χ3n) is 3.05. The molecule has 0 aromatic heterocycles. The lowest BCUT2D eigenvalue weighted by atomic mass is 10.1. The number of Topliss-reactive ketones (excluding diaryl/α,β-unsaturated/α-hetero) is 1. The van der Waals surface area contributed by atoms with Gasteiger partial charge in [-0.2, -0.15) is 0 Å². The minimum Gasteiger partial charge on any atom is -0.385 e. The number of ether oxygens (including phenoxy) is 2. The van der Waals surface area contributed by atoms with Crippen LogP contribution >= 0.6 is 11.6 Å². The van der Waals surface area contributed by atoms with Gasteiger partial charge in [-0.3, -0.25) is 9.59 Å². The Balaban J connectivity index is 1.95. The number of benzene rings is 1. The summed E-state index contributed by atoms with van der Waals surface area (Å²) in [6.07, 6.45) is 0.797. The first kappa shape index (κ1) is 15.0. The van der Waals surface area contributed by atoms with Gasteiger partial charge in [0.25, 0.3) is 11.7 Å². The molecule has 0 N–H and O–H groups in total. The largest absolute Gasteiger partial charge is 0.385 e. The summed E-state index contributed by atoms with van der Waals surface area (Å²) < 4.78 is 10.3. The first-order chi connectivity index (χ1) is 9.66. The maximum absolute atomic E-state index is 11.9. The van der Waals surface area contributed by atoms with Crippen molar-refractivity contribution < 1.29 is 19.1 Å². The molecule has 6 heteroatoms. The molecule has 0 unspecified atom stereocenters. The molecule has 0 atom stereocenters. The molecule has 0 fully saturated rings. The van der Waals surface area contributed by atoms with E-state index in [4.69, 9.17) is 21.1 Å². The highest BCUT2D eigenvalue weighted by molar-refractivity contribution is 6.55. The zero-order valence-corrected chi connectivity index (χ0v) is 12.0. The number of methoxy groups -OCH3 is 1. The molecule has 20 heavy (non-hydrogen) atoms. The van der Waals surface area contributed by atoms with E-state index in [0.29, 0.717) is 42.6 Å². The molecule has 108 valence electrons. The predicted molar refractivity (Wildman–Crippen MR) is 75.4 cm³/mol. The number of fused-ring (bicyclic) bond motifs is 1. The van der Waals surface area contributed by atoms with Gasteiger partial charge in [0.1, 0.15) is 0 Å². The highest BCUT2D eigenvalue weighted by atomic mass is 35.5. The number of amides is 1. The second-order valence-corrected chi connectivity index (χ2v) is 4.79. The number of hydrogen-bond acceptors (Lipinski definition) is 4. The molecule has 0 saturated carbocycles. The first-order valence-electron chi connectivity index (χ1n) is 6.38. The van der Waals surface area contributed by atoms with Gasteiger partial charge in [0, 0.05) is 26.9 Å². The molecular weight excluding hydrogens is 282 g/mol. The highest BCUT2D eigenvalue weighted by Gasteiger charge is 2.36. The van der Waals surface area contributed by atoms with Gasteiger partial charge in [0.15, 0.2) is 0 Å². The molecule has 0 spiro atoms. The number of hydrogen-bond donors (Lipinski definition) is 0. The molecule has 2 rings (SSSR count). The molecule has 0 aliphatic carbocycles. The monoisotopic (exact) mass is 297 g/mol. The summed E-state index contributed by atoms with van der Waals surface area (Å²) in [5, 5.41) is 0.310. The molecular formula is C14H16ClNO4. The van der Waals surface area contributed by atoms with Crippen molar-refractivity contribution in [1.29, 1.82) is 0 Å². The summed E-state index contributed by atoms with van der Waals surface area (Å²) in [5.41, 5.74) is 0.853. The van der Waals surface area contributed by atoms with Crippen LogP contribution in [-0.4, -0.2) is 45.2 Å². The lowest BCUT2D eigenvalue weighted by Gasteiger charge is -2.16. The van der Waals surface area contributed by atoms with Crippen LogP contribution in [0.15, 0.2) is 18.2 Å². The number of carbonyl (C=O) groups is 2. The fraction of sp³-hybridized carbons (Fsp3) is 0.429. The summed E-state index contributed by atoms with van der Waals surface area (Å²) in [6, 6.07) is 5.05. The van der Waals surface area contributed by atoms with Gasteiger partial charge in [-0.25, -0.2) is 0 Å². The van der Waals surface area contributed by atoms with E-state index >= 15 is 0 Å². The SMILES string of the molecule is COCCCOCCN1C(=O)C(=O)c2c(Cl)cccc21. The Bertz CT molecular complexity index is 518. The fourth-order valence-electron chi connectivity index (χ4n) is 2.09. The topological polar surface area (TPSA) is 55.8 Å². The van der Waals surface area contributed by atoms with Crippen molar-refractivity contribution in [1.82, 2.24) is 0 Å². The number of halogens is 1. The van der Waals surface area contributed by atoms with Crippen LogP contribution in [-0.2, 0) is 14.3 Å². The van der Waals surface area contributed by atoms with Crippen LogP contribution in [0.4, 0.5) is 5.69 Å². The quantitative estimate of drug-likeness (QED) is 0.570. The molecule has 1 heterocycles. The summed E-state index contributed by atoms with van der Waals surface area (Å²) in [5.74, 6) is -1.10. The molecule has 1 aromatic carbocycles. The highest BCUT2D eigenvalue weighted by Crippen LogP contribution is 2.33. The summed E-state index contributed by atoms with van der Waals surface area (Å²) in [7, 11) is 1.63. The van der Waals surface area contributed by atoms with Crippen molar-refractivity contribution in [3.05, 3.63) is 28.8 Å². The van der Waals surface area contributed by atoms with Crippen LogP contribution < -0.4 is 4.90 Å². The molecule has 5 nitrogen and oxygen atoms in total. The van der Waals surface area contributed by atoms with Crippen molar-refractivity contribution in [2.45, 2.75) is 6.42 Å². The third-order valence-corrected chi connectivity index (χ3v) is 3.36. The second kappa shape index (κ2) is 6.83. The summed E-state index contributed by atoms with van der Waals surface area (Å²) in [6.45, 7) is 1.91. The first-order valence-corrected chi connectivity index (χ1v) is 6.76. The number of ketones is 1. The number of carbonyl (C=O) groups excluding carboxylic acids is 2. The maximum Gasteiger partial charge on any atom is 0.299 e. The van der Waals surface area contributed by atoms with E-state index in [9.17, 15) is 9.59 Å². The van der Waals surface area contributed by atoms with Crippen LogP contribution in [0.5, 0.6) is 0 Å². The van der Waals surface area contributed by atoms with Crippen LogP contribution in [0.25, 0.3) is 0 Å². The zero-order valence-electron chi connectivity index (χ0n) is 11.2. The van der Waals surface area contributed by atoms with E-state index in [0.717, 1.165) is 6.42 Å². The second-order valence-electron chi connectivity index (χ2n) is 4.38.